The van der Waals surface area contributed by atoms with Gasteiger partial charge in [-0.15, -0.1) is 0 Å². The van der Waals surface area contributed by atoms with Crippen LogP contribution in [0.15, 0.2) is 133 Å². The van der Waals surface area contributed by atoms with Crippen LogP contribution in [0.3, 0.4) is 0 Å². The number of imidazole rings is 1. The van der Waals surface area contributed by atoms with E-state index in [1.54, 1.807) is 0 Å². The van der Waals surface area contributed by atoms with Crippen LogP contribution in [0.1, 0.15) is 5.56 Å². The predicted molar refractivity (Wildman–Crippen MR) is 176 cm³/mol. The zero-order chi connectivity index (χ0) is 28.5. The first-order valence-electron chi connectivity index (χ1n) is 14.3. The van der Waals surface area contributed by atoms with E-state index in [1.165, 1.54) is 10.8 Å². The molecule has 0 saturated carbocycles. The Morgan fingerprint density at radius 1 is 0.488 bits per heavy atom. The van der Waals surface area contributed by atoms with Crippen molar-refractivity contribution in [1.29, 1.82) is 5.26 Å². The highest BCUT2D eigenvalue weighted by Gasteiger charge is 2.15. The molecular formula is C39H22N4. The summed E-state index contributed by atoms with van der Waals surface area (Å²) in [5.74, 6) is 0. The zero-order valence-corrected chi connectivity index (χ0v) is 23.0. The maximum atomic E-state index is 9.67. The second kappa shape index (κ2) is 8.97. The molecule has 9 rings (SSSR count). The van der Waals surface area contributed by atoms with Crippen molar-refractivity contribution in [3.05, 3.63) is 139 Å². The summed E-state index contributed by atoms with van der Waals surface area (Å²) in [5, 5.41) is 16.5. The molecule has 9 aromatic rings. The van der Waals surface area contributed by atoms with E-state index >= 15 is 0 Å². The van der Waals surface area contributed by atoms with Crippen molar-refractivity contribution in [3.63, 3.8) is 0 Å². The van der Waals surface area contributed by atoms with E-state index in [-0.39, 0.29) is 0 Å². The Bertz CT molecular complexity index is 2640. The molecular weight excluding hydrogens is 524 g/mol. The lowest BCUT2D eigenvalue weighted by Gasteiger charge is -2.12. The van der Waals surface area contributed by atoms with E-state index in [4.69, 9.17) is 9.97 Å². The van der Waals surface area contributed by atoms with Crippen LogP contribution in [0.5, 0.6) is 0 Å². The summed E-state index contributed by atoms with van der Waals surface area (Å²) in [6.07, 6.45) is 0. The van der Waals surface area contributed by atoms with Crippen LogP contribution in [-0.4, -0.2) is 14.4 Å². The van der Waals surface area contributed by atoms with E-state index < -0.39 is 0 Å². The van der Waals surface area contributed by atoms with Crippen molar-refractivity contribution in [2.24, 2.45) is 0 Å². The van der Waals surface area contributed by atoms with Crippen LogP contribution in [0, 0.1) is 11.3 Å². The zero-order valence-electron chi connectivity index (χ0n) is 23.0. The second-order valence-electron chi connectivity index (χ2n) is 11.0. The lowest BCUT2D eigenvalue weighted by Crippen LogP contribution is -1.93. The van der Waals surface area contributed by atoms with Gasteiger partial charge >= 0.3 is 0 Å². The Hall–Kier alpha value is -6.05. The molecule has 6 aromatic carbocycles. The molecule has 0 aliphatic heterocycles. The van der Waals surface area contributed by atoms with Gasteiger partial charge < -0.3 is 0 Å². The number of rotatable bonds is 2. The number of pyridine rings is 2. The summed E-state index contributed by atoms with van der Waals surface area (Å²) in [7, 11) is 0. The second-order valence-corrected chi connectivity index (χ2v) is 11.0. The molecule has 4 heteroatoms. The lowest BCUT2D eigenvalue weighted by molar-refractivity contribution is 1.31. The van der Waals surface area contributed by atoms with Gasteiger partial charge in [0.2, 0.25) is 0 Å². The maximum absolute atomic E-state index is 9.67. The molecule has 3 aromatic heterocycles. The van der Waals surface area contributed by atoms with Crippen LogP contribution in [0.2, 0.25) is 0 Å². The molecule has 0 saturated heterocycles. The number of fused-ring (bicyclic) bond motifs is 10. The standard InChI is InChI=1S/C39H22N4/c40-23-24-9-16-31-33-22-29(14-17-32(33)39-42-36-7-3-4-8-37(36)43(39)38(31)19-24)27-10-11-28-21-30(13-12-26(28)20-27)35-18-15-25-5-1-2-6-34(25)41-35/h1-22H. The van der Waals surface area contributed by atoms with Gasteiger partial charge in [0.1, 0.15) is 5.65 Å². The van der Waals surface area contributed by atoms with Gasteiger partial charge in [-0.05, 0) is 87.9 Å². The third-order valence-corrected chi connectivity index (χ3v) is 8.55. The molecule has 0 unspecified atom stereocenters. The van der Waals surface area contributed by atoms with Gasteiger partial charge in [0.05, 0.1) is 39.4 Å². The van der Waals surface area contributed by atoms with Crippen molar-refractivity contribution in [2.45, 2.75) is 0 Å². The van der Waals surface area contributed by atoms with Gasteiger partial charge in [-0.25, -0.2) is 9.97 Å². The Labute approximate surface area is 246 Å². The Kier molecular flexibility index (Phi) is 4.93. The van der Waals surface area contributed by atoms with Crippen LogP contribution >= 0.6 is 0 Å². The van der Waals surface area contributed by atoms with E-state index in [9.17, 15) is 5.26 Å². The monoisotopic (exact) mass is 546 g/mol. The van der Waals surface area contributed by atoms with Crippen molar-refractivity contribution in [3.8, 4) is 28.5 Å². The molecule has 0 aliphatic rings. The van der Waals surface area contributed by atoms with E-state index in [1.807, 2.05) is 42.5 Å². The normalized spacial score (nSPS) is 11.7. The van der Waals surface area contributed by atoms with Gasteiger partial charge in [-0.3, -0.25) is 4.40 Å². The number of aromatic nitrogens is 3. The van der Waals surface area contributed by atoms with Crippen molar-refractivity contribution in [2.75, 3.05) is 0 Å². The predicted octanol–water partition coefficient (Wildman–Crippen LogP) is 9.70. The molecule has 3 heterocycles. The molecule has 0 fully saturated rings. The summed E-state index contributed by atoms with van der Waals surface area (Å²) in [6.45, 7) is 0. The van der Waals surface area contributed by atoms with Crippen molar-refractivity contribution >= 4 is 60.0 Å². The molecule has 198 valence electrons. The van der Waals surface area contributed by atoms with Gasteiger partial charge in [0.25, 0.3) is 0 Å². The summed E-state index contributed by atoms with van der Waals surface area (Å²) >= 11 is 0. The Balaban J connectivity index is 1.20. The van der Waals surface area contributed by atoms with E-state index in [0.717, 1.165) is 71.6 Å². The molecule has 0 atom stereocenters. The highest BCUT2D eigenvalue weighted by Crippen LogP contribution is 2.36. The quantitative estimate of drug-likeness (QED) is 0.203. The Morgan fingerprint density at radius 3 is 2.07 bits per heavy atom. The van der Waals surface area contributed by atoms with Gasteiger partial charge in [-0.1, -0.05) is 72.8 Å². The third kappa shape index (κ3) is 3.62. The number of nitriles is 1. The van der Waals surface area contributed by atoms with Crippen LogP contribution in [-0.2, 0) is 0 Å². The maximum Gasteiger partial charge on any atom is 0.146 e. The molecule has 43 heavy (non-hydrogen) atoms. The minimum atomic E-state index is 0.634. The fourth-order valence-electron chi connectivity index (χ4n) is 6.42. The van der Waals surface area contributed by atoms with Gasteiger partial charge in [-0.2, -0.15) is 5.26 Å². The van der Waals surface area contributed by atoms with Crippen LogP contribution in [0.25, 0.3) is 82.4 Å². The molecule has 0 N–H and O–H groups in total. The minimum absolute atomic E-state index is 0.634. The van der Waals surface area contributed by atoms with Crippen LogP contribution in [0.4, 0.5) is 0 Å². The number of hydrogen-bond acceptors (Lipinski definition) is 3. The highest BCUT2D eigenvalue weighted by atomic mass is 15.0. The topological polar surface area (TPSA) is 54.0 Å². The largest absolute Gasteiger partial charge is 0.292 e. The number of hydrogen-bond donors (Lipinski definition) is 0. The lowest BCUT2D eigenvalue weighted by atomic mass is 9.96. The van der Waals surface area contributed by atoms with Crippen molar-refractivity contribution in [1.82, 2.24) is 14.4 Å². The first-order chi connectivity index (χ1) is 21.2. The minimum Gasteiger partial charge on any atom is -0.292 e. The Morgan fingerprint density at radius 2 is 1.19 bits per heavy atom. The molecule has 0 bridgehead atoms. The molecule has 0 aliphatic carbocycles. The summed E-state index contributed by atoms with van der Waals surface area (Å²) < 4.78 is 2.19. The first-order valence-corrected chi connectivity index (χ1v) is 14.3. The molecule has 0 spiro atoms. The van der Waals surface area contributed by atoms with Gasteiger partial charge in [0.15, 0.2) is 0 Å². The van der Waals surface area contributed by atoms with E-state index in [2.05, 4.69) is 101 Å². The number of para-hydroxylation sites is 3. The smallest absolute Gasteiger partial charge is 0.146 e. The molecule has 0 radical (unpaired) electrons. The highest BCUT2D eigenvalue weighted by molar-refractivity contribution is 6.15. The van der Waals surface area contributed by atoms with Gasteiger partial charge in [0, 0.05) is 21.7 Å². The first kappa shape index (κ1) is 23.6. The van der Waals surface area contributed by atoms with Crippen molar-refractivity contribution < 1.29 is 0 Å². The average molecular weight is 547 g/mol. The molecule has 4 nitrogen and oxygen atoms in total. The SMILES string of the molecule is N#Cc1ccc2c3cc(-c4ccc5cc(-c6ccc7ccccc7n6)ccc5c4)ccc3c3nc4ccccc4n3c2c1. The van der Waals surface area contributed by atoms with E-state index in [0.29, 0.717) is 5.56 Å². The fraction of sp³-hybridized carbons (Fsp3) is 0. The number of benzene rings is 6. The number of nitrogens with zero attached hydrogens (tertiary/aromatic N) is 4. The summed E-state index contributed by atoms with van der Waals surface area (Å²) in [4.78, 5) is 9.91. The fourth-order valence-corrected chi connectivity index (χ4v) is 6.42. The van der Waals surface area contributed by atoms with Crippen LogP contribution < -0.4 is 0 Å². The third-order valence-electron chi connectivity index (χ3n) is 8.55. The summed E-state index contributed by atoms with van der Waals surface area (Å²) in [5.41, 5.74) is 9.88. The average Bonchev–Trinajstić information content (AvgIpc) is 3.47. The summed E-state index contributed by atoms with van der Waals surface area (Å²) in [6, 6.07) is 48.7. The molecule has 0 amide bonds.